The number of hydrogen-bond donors (Lipinski definition) is 2. The minimum absolute atomic E-state index is 0.553. The Kier molecular flexibility index (Phi) is 5.45. The molecule has 2 N–H and O–H groups in total. The molecule has 0 unspecified atom stereocenters. The maximum absolute atomic E-state index is 6.11. The molecule has 2 rings (SSSR count). The van der Waals surface area contributed by atoms with Crippen LogP contribution in [0, 0.1) is 13.8 Å². The summed E-state index contributed by atoms with van der Waals surface area (Å²) in [4.78, 5) is 0. The molecule has 0 radical (unpaired) electrons. The van der Waals surface area contributed by atoms with Crippen molar-refractivity contribution < 1.29 is 0 Å². The first-order valence-electron chi connectivity index (χ1n) is 6.52. The molecule has 2 nitrogen and oxygen atoms in total. The van der Waals surface area contributed by atoms with Crippen LogP contribution in [0.1, 0.15) is 16.7 Å². The zero-order valence-corrected chi connectivity index (χ0v) is 14.2. The Labute approximate surface area is 140 Å². The number of rotatable bonds is 3. The zero-order valence-electron chi connectivity index (χ0n) is 11.8. The van der Waals surface area contributed by atoms with E-state index in [0.29, 0.717) is 16.7 Å². The first-order chi connectivity index (χ1) is 9.97. The minimum atomic E-state index is 0.553. The summed E-state index contributed by atoms with van der Waals surface area (Å²) < 4.78 is 0. The Morgan fingerprint density at radius 3 is 2.57 bits per heavy atom. The lowest BCUT2D eigenvalue weighted by molar-refractivity contribution is 0.925. The Hall–Kier alpha value is -1.29. The van der Waals surface area contributed by atoms with Crippen LogP contribution in [0.15, 0.2) is 36.4 Å². The molecule has 0 aliphatic rings. The number of benzene rings is 2. The molecule has 0 atom stereocenters. The predicted molar refractivity (Wildman–Crippen MR) is 95.4 cm³/mol. The lowest BCUT2D eigenvalue weighted by atomic mass is 10.1. The van der Waals surface area contributed by atoms with Crippen molar-refractivity contribution in [1.82, 2.24) is 5.32 Å². The molecule has 21 heavy (non-hydrogen) atoms. The highest BCUT2D eigenvalue weighted by Crippen LogP contribution is 2.22. The van der Waals surface area contributed by atoms with Gasteiger partial charge in [-0.1, -0.05) is 41.4 Å². The van der Waals surface area contributed by atoms with Crippen molar-refractivity contribution in [3.8, 4) is 0 Å². The van der Waals surface area contributed by atoms with Gasteiger partial charge in [0.05, 0.1) is 0 Å². The normalized spacial score (nSPS) is 10.3. The summed E-state index contributed by atoms with van der Waals surface area (Å²) in [5, 5.41) is 8.34. The number of anilines is 1. The molecule has 0 aromatic heterocycles. The molecule has 110 valence electrons. The van der Waals surface area contributed by atoms with E-state index in [1.165, 1.54) is 0 Å². The number of thiocarbonyl (C=S) groups is 1. The third kappa shape index (κ3) is 4.34. The van der Waals surface area contributed by atoms with E-state index >= 15 is 0 Å². The van der Waals surface area contributed by atoms with Gasteiger partial charge in [0.15, 0.2) is 5.11 Å². The molecule has 2 aromatic rings. The monoisotopic (exact) mass is 338 g/mol. The smallest absolute Gasteiger partial charge is 0.171 e. The van der Waals surface area contributed by atoms with Crippen LogP contribution in [0.3, 0.4) is 0 Å². The van der Waals surface area contributed by atoms with Crippen LogP contribution in [0.4, 0.5) is 5.69 Å². The van der Waals surface area contributed by atoms with Crippen molar-refractivity contribution in [1.29, 1.82) is 0 Å². The summed E-state index contributed by atoms with van der Waals surface area (Å²) >= 11 is 17.5. The number of hydrogen-bond acceptors (Lipinski definition) is 1. The quantitative estimate of drug-likeness (QED) is 0.761. The summed E-state index contributed by atoms with van der Waals surface area (Å²) in [6.45, 7) is 4.55. The molecule has 0 amide bonds. The summed E-state index contributed by atoms with van der Waals surface area (Å²) in [5.74, 6) is 0. The number of nitrogens with one attached hydrogen (secondary N) is 2. The van der Waals surface area contributed by atoms with Gasteiger partial charge in [-0.2, -0.15) is 0 Å². The predicted octanol–water partition coefficient (Wildman–Crippen LogP) is 5.10. The Morgan fingerprint density at radius 1 is 1.10 bits per heavy atom. The van der Waals surface area contributed by atoms with E-state index in [2.05, 4.69) is 10.6 Å². The lowest BCUT2D eigenvalue weighted by Crippen LogP contribution is -2.28. The Morgan fingerprint density at radius 2 is 1.86 bits per heavy atom. The summed E-state index contributed by atoms with van der Waals surface area (Å²) in [5.41, 5.74) is 4.02. The second-order valence-corrected chi connectivity index (χ2v) is 6.03. The third-order valence-corrected chi connectivity index (χ3v) is 4.27. The molecule has 2 aromatic carbocycles. The van der Waals surface area contributed by atoms with Crippen molar-refractivity contribution in [2.75, 3.05) is 5.32 Å². The van der Waals surface area contributed by atoms with Gasteiger partial charge in [0.2, 0.25) is 0 Å². The van der Waals surface area contributed by atoms with Crippen molar-refractivity contribution in [3.05, 3.63) is 63.1 Å². The van der Waals surface area contributed by atoms with Gasteiger partial charge < -0.3 is 10.6 Å². The molecule has 0 saturated heterocycles. The summed E-state index contributed by atoms with van der Waals surface area (Å²) in [6.07, 6.45) is 0. The van der Waals surface area contributed by atoms with E-state index in [9.17, 15) is 0 Å². The standard InChI is InChI=1S/C16H16Cl2N2S/c1-10-6-7-12(8-14(10)18)9-19-16(21)20-15-5-3-4-13(17)11(15)2/h3-8H,9H2,1-2H3,(H2,19,20,21). The summed E-state index contributed by atoms with van der Waals surface area (Å²) in [6, 6.07) is 11.7. The van der Waals surface area contributed by atoms with Gasteiger partial charge in [0.1, 0.15) is 0 Å². The molecule has 0 bridgehead atoms. The number of halogens is 2. The first kappa shape index (κ1) is 16.1. The van der Waals surface area contributed by atoms with Gasteiger partial charge in [-0.25, -0.2) is 0 Å². The molecule has 0 aliphatic heterocycles. The highest BCUT2D eigenvalue weighted by atomic mass is 35.5. The second kappa shape index (κ2) is 7.12. The van der Waals surface area contributed by atoms with Gasteiger partial charge in [-0.05, 0) is 61.0 Å². The lowest BCUT2D eigenvalue weighted by Gasteiger charge is -2.13. The third-order valence-electron chi connectivity index (χ3n) is 3.21. The Bertz CT molecular complexity index is 671. The molecular weight excluding hydrogens is 323 g/mol. The minimum Gasteiger partial charge on any atom is -0.358 e. The van der Waals surface area contributed by atoms with Crippen LogP contribution in [0.2, 0.25) is 10.0 Å². The van der Waals surface area contributed by atoms with Crippen LogP contribution in [0.25, 0.3) is 0 Å². The van der Waals surface area contributed by atoms with E-state index < -0.39 is 0 Å². The fourth-order valence-electron chi connectivity index (χ4n) is 1.84. The van der Waals surface area contributed by atoms with E-state index in [4.69, 9.17) is 35.4 Å². The van der Waals surface area contributed by atoms with Crippen molar-refractivity contribution in [2.45, 2.75) is 20.4 Å². The summed E-state index contributed by atoms with van der Waals surface area (Å²) in [7, 11) is 0. The van der Waals surface area contributed by atoms with Crippen molar-refractivity contribution in [3.63, 3.8) is 0 Å². The second-order valence-electron chi connectivity index (χ2n) is 4.80. The first-order valence-corrected chi connectivity index (χ1v) is 7.69. The van der Waals surface area contributed by atoms with Gasteiger partial charge in [-0.15, -0.1) is 0 Å². The van der Waals surface area contributed by atoms with Gasteiger partial charge in [-0.3, -0.25) is 0 Å². The Balaban J connectivity index is 1.96. The molecule has 0 spiro atoms. The van der Waals surface area contributed by atoms with E-state index in [-0.39, 0.29) is 0 Å². The largest absolute Gasteiger partial charge is 0.358 e. The van der Waals surface area contributed by atoms with E-state index in [0.717, 1.165) is 27.4 Å². The maximum atomic E-state index is 6.11. The van der Waals surface area contributed by atoms with Gasteiger partial charge in [0, 0.05) is 22.3 Å². The molecule has 0 fully saturated rings. The van der Waals surface area contributed by atoms with Crippen LogP contribution >= 0.6 is 35.4 Å². The van der Waals surface area contributed by atoms with Gasteiger partial charge in [0.25, 0.3) is 0 Å². The SMILES string of the molecule is Cc1ccc(CNC(=S)Nc2cccc(Cl)c2C)cc1Cl. The van der Waals surface area contributed by atoms with Crippen LogP contribution in [-0.4, -0.2) is 5.11 Å². The fourth-order valence-corrected chi connectivity index (χ4v) is 2.40. The topological polar surface area (TPSA) is 24.1 Å². The molecular formula is C16H16Cl2N2S. The van der Waals surface area contributed by atoms with Gasteiger partial charge >= 0.3 is 0 Å². The maximum Gasteiger partial charge on any atom is 0.171 e. The molecule has 0 heterocycles. The van der Waals surface area contributed by atoms with E-state index in [1.807, 2.05) is 50.2 Å². The highest BCUT2D eigenvalue weighted by Gasteiger charge is 2.04. The van der Waals surface area contributed by atoms with Crippen molar-refractivity contribution >= 4 is 46.2 Å². The van der Waals surface area contributed by atoms with Crippen LogP contribution < -0.4 is 10.6 Å². The molecule has 5 heteroatoms. The molecule has 0 saturated carbocycles. The van der Waals surface area contributed by atoms with Crippen LogP contribution in [-0.2, 0) is 6.54 Å². The molecule has 0 aliphatic carbocycles. The average Bonchev–Trinajstić information content (AvgIpc) is 2.45. The van der Waals surface area contributed by atoms with Crippen molar-refractivity contribution in [2.24, 2.45) is 0 Å². The zero-order chi connectivity index (χ0) is 15.4. The highest BCUT2D eigenvalue weighted by molar-refractivity contribution is 7.80. The number of aryl methyl sites for hydroxylation is 1. The fraction of sp³-hybridized carbons (Fsp3) is 0.188. The van der Waals surface area contributed by atoms with Crippen LogP contribution in [0.5, 0.6) is 0 Å². The van der Waals surface area contributed by atoms with E-state index in [1.54, 1.807) is 0 Å². The average molecular weight is 339 g/mol.